The first-order valence-electron chi connectivity index (χ1n) is 9.30. The van der Waals surface area contributed by atoms with Crippen molar-refractivity contribution in [2.75, 3.05) is 13.2 Å². The Morgan fingerprint density at radius 2 is 1.70 bits per heavy atom. The fourth-order valence-corrected chi connectivity index (χ4v) is 8.35. The van der Waals surface area contributed by atoms with Gasteiger partial charge < -0.3 is 9.30 Å². The highest BCUT2D eigenvalue weighted by atomic mass is 127. The van der Waals surface area contributed by atoms with Crippen LogP contribution in [0.1, 0.15) is 68.4 Å². The van der Waals surface area contributed by atoms with Gasteiger partial charge >= 0.3 is 0 Å². The molecule has 0 amide bonds. The molecule has 3 unspecified atom stereocenters. The number of rotatable bonds is 2. The van der Waals surface area contributed by atoms with Crippen LogP contribution in [0, 0.1) is 17.8 Å². The molecule has 0 spiro atoms. The molecule has 126 valence electrons. The summed E-state index contributed by atoms with van der Waals surface area (Å²) in [4.78, 5) is 0. The summed E-state index contributed by atoms with van der Waals surface area (Å²) < 4.78 is 8.33. The summed E-state index contributed by atoms with van der Waals surface area (Å²) in [6.45, 7) is 1.75. The molecule has 4 saturated carbocycles. The lowest BCUT2D eigenvalue weighted by atomic mass is 9.51. The van der Waals surface area contributed by atoms with Crippen LogP contribution >= 0.6 is 22.6 Å². The van der Waals surface area contributed by atoms with Crippen LogP contribution in [0.15, 0.2) is 0 Å². The van der Waals surface area contributed by atoms with E-state index in [2.05, 4.69) is 39.3 Å². The van der Waals surface area contributed by atoms with E-state index in [1.165, 1.54) is 43.8 Å². The van der Waals surface area contributed by atoms with Gasteiger partial charge in [-0.2, -0.15) is 0 Å². The standard InChI is InChI=1S/C18H26IN3O/c1-22-16(13-2-4-23-5-3-13)20-21-17(22)15-14-7-11-6-12(8-14)10-18(15,19)9-11/h11-15H,2-10H2,1H3. The highest BCUT2D eigenvalue weighted by Gasteiger charge is 2.57. The monoisotopic (exact) mass is 427 g/mol. The van der Waals surface area contributed by atoms with Gasteiger partial charge in [-0.3, -0.25) is 0 Å². The summed E-state index contributed by atoms with van der Waals surface area (Å²) in [6.07, 6.45) is 9.38. The van der Waals surface area contributed by atoms with Gasteiger partial charge in [0, 0.05) is 35.5 Å². The first-order valence-corrected chi connectivity index (χ1v) is 10.4. The van der Waals surface area contributed by atoms with Crippen LogP contribution in [0.4, 0.5) is 0 Å². The summed E-state index contributed by atoms with van der Waals surface area (Å²) in [6, 6.07) is 0. The maximum absolute atomic E-state index is 5.52. The van der Waals surface area contributed by atoms with Gasteiger partial charge in [-0.1, -0.05) is 22.6 Å². The van der Waals surface area contributed by atoms with Gasteiger partial charge in [0.25, 0.3) is 0 Å². The largest absolute Gasteiger partial charge is 0.381 e. The molecule has 4 nitrogen and oxygen atoms in total. The third-order valence-electron chi connectivity index (χ3n) is 7.03. The number of halogens is 1. The Kier molecular flexibility index (Phi) is 3.56. The van der Waals surface area contributed by atoms with Crippen molar-refractivity contribution in [1.82, 2.24) is 14.8 Å². The Bertz CT molecular complexity index is 595. The zero-order valence-corrected chi connectivity index (χ0v) is 16.0. The SMILES string of the molecule is Cn1c(C2CCOCC2)nnc1C1C2CC3CC(C2)CC1(I)C3. The molecule has 2 heterocycles. The fraction of sp³-hybridized carbons (Fsp3) is 0.889. The lowest BCUT2D eigenvalue weighted by Gasteiger charge is -2.58. The summed E-state index contributed by atoms with van der Waals surface area (Å²) in [5.41, 5.74) is 0. The van der Waals surface area contributed by atoms with Crippen molar-refractivity contribution in [1.29, 1.82) is 0 Å². The van der Waals surface area contributed by atoms with E-state index in [-0.39, 0.29) is 0 Å². The minimum Gasteiger partial charge on any atom is -0.381 e. The van der Waals surface area contributed by atoms with Crippen LogP contribution in [0.5, 0.6) is 0 Å². The first-order chi connectivity index (χ1) is 11.1. The van der Waals surface area contributed by atoms with Crippen LogP contribution in [-0.2, 0) is 11.8 Å². The zero-order valence-electron chi connectivity index (χ0n) is 13.9. The summed E-state index contributed by atoms with van der Waals surface area (Å²) in [5, 5.41) is 9.41. The van der Waals surface area contributed by atoms with E-state index >= 15 is 0 Å². The maximum atomic E-state index is 5.52. The molecule has 0 radical (unpaired) electrons. The van der Waals surface area contributed by atoms with Crippen molar-refractivity contribution in [3.63, 3.8) is 0 Å². The minimum atomic E-state index is 0.445. The molecule has 1 aromatic rings. The number of ether oxygens (including phenoxy) is 1. The number of alkyl halides is 1. The van der Waals surface area contributed by atoms with Crippen LogP contribution in [0.2, 0.25) is 0 Å². The van der Waals surface area contributed by atoms with E-state index < -0.39 is 0 Å². The van der Waals surface area contributed by atoms with Gasteiger partial charge in [-0.05, 0) is 62.7 Å². The van der Waals surface area contributed by atoms with Crippen molar-refractivity contribution in [3.05, 3.63) is 11.6 Å². The second kappa shape index (κ2) is 5.41. The van der Waals surface area contributed by atoms with Crippen molar-refractivity contribution in [3.8, 4) is 0 Å². The average molecular weight is 427 g/mol. The molecule has 23 heavy (non-hydrogen) atoms. The van der Waals surface area contributed by atoms with Gasteiger partial charge in [0.05, 0.1) is 0 Å². The molecular weight excluding hydrogens is 401 g/mol. The van der Waals surface area contributed by atoms with Crippen molar-refractivity contribution in [2.24, 2.45) is 24.8 Å². The molecule has 4 aliphatic carbocycles. The van der Waals surface area contributed by atoms with E-state index in [1.54, 1.807) is 0 Å². The Hall–Kier alpha value is -0.170. The van der Waals surface area contributed by atoms with Crippen LogP contribution in [0.3, 0.4) is 0 Å². The quantitative estimate of drug-likeness (QED) is 0.533. The highest BCUT2D eigenvalue weighted by molar-refractivity contribution is 14.1. The highest BCUT2D eigenvalue weighted by Crippen LogP contribution is 2.65. The van der Waals surface area contributed by atoms with E-state index in [1.807, 2.05) is 0 Å². The van der Waals surface area contributed by atoms with Crippen molar-refractivity contribution in [2.45, 2.75) is 60.2 Å². The lowest BCUT2D eigenvalue weighted by Crippen LogP contribution is -2.53. The number of nitrogens with zero attached hydrogens (tertiary/aromatic N) is 3. The molecule has 3 atom stereocenters. The minimum absolute atomic E-state index is 0.445. The fourth-order valence-electron chi connectivity index (χ4n) is 6.32. The normalized spacial score (nSPS) is 43.2. The molecule has 5 fully saturated rings. The Balaban J connectivity index is 1.49. The molecule has 0 aromatic carbocycles. The second-order valence-corrected chi connectivity index (χ2v) is 10.6. The van der Waals surface area contributed by atoms with Gasteiger partial charge in [-0.25, -0.2) is 0 Å². The molecule has 1 aliphatic heterocycles. The molecule has 0 N–H and O–H groups in total. The second-order valence-electron chi connectivity index (χ2n) is 8.48. The topological polar surface area (TPSA) is 39.9 Å². The van der Waals surface area contributed by atoms with Crippen LogP contribution < -0.4 is 0 Å². The molecule has 5 heteroatoms. The maximum Gasteiger partial charge on any atom is 0.137 e. The summed E-state index contributed by atoms with van der Waals surface area (Å²) in [5.74, 6) is 6.48. The number of hydrogen-bond donors (Lipinski definition) is 0. The molecule has 1 saturated heterocycles. The van der Waals surface area contributed by atoms with E-state index in [4.69, 9.17) is 9.84 Å². The number of aromatic nitrogens is 3. The Labute approximate surface area is 151 Å². The van der Waals surface area contributed by atoms with Crippen molar-refractivity contribution < 1.29 is 4.74 Å². The van der Waals surface area contributed by atoms with E-state index in [0.717, 1.165) is 43.8 Å². The third kappa shape index (κ3) is 2.32. The predicted molar refractivity (Wildman–Crippen MR) is 96.8 cm³/mol. The van der Waals surface area contributed by atoms with E-state index in [0.29, 0.717) is 15.3 Å². The first kappa shape index (κ1) is 15.1. The average Bonchev–Trinajstić information content (AvgIpc) is 2.88. The molecule has 1 aromatic heterocycles. The van der Waals surface area contributed by atoms with E-state index in [9.17, 15) is 0 Å². The predicted octanol–water partition coefficient (Wildman–Crippen LogP) is 3.81. The molecule has 5 aliphatic rings. The number of hydrogen-bond acceptors (Lipinski definition) is 3. The molecule has 4 bridgehead atoms. The van der Waals surface area contributed by atoms with Gasteiger partial charge in [-0.15, -0.1) is 10.2 Å². The van der Waals surface area contributed by atoms with Gasteiger partial charge in [0.1, 0.15) is 11.6 Å². The lowest BCUT2D eigenvalue weighted by molar-refractivity contribution is 0.0199. The summed E-state index contributed by atoms with van der Waals surface area (Å²) in [7, 11) is 2.21. The van der Waals surface area contributed by atoms with Crippen LogP contribution in [0.25, 0.3) is 0 Å². The molecular formula is C18H26IN3O. The third-order valence-corrected chi connectivity index (χ3v) is 8.58. The van der Waals surface area contributed by atoms with Crippen molar-refractivity contribution >= 4 is 22.6 Å². The Morgan fingerprint density at radius 3 is 2.35 bits per heavy atom. The zero-order chi connectivity index (χ0) is 15.6. The van der Waals surface area contributed by atoms with Gasteiger partial charge in [0.2, 0.25) is 0 Å². The van der Waals surface area contributed by atoms with Gasteiger partial charge in [0.15, 0.2) is 0 Å². The Morgan fingerprint density at radius 1 is 1.04 bits per heavy atom. The van der Waals surface area contributed by atoms with Crippen LogP contribution in [-0.4, -0.2) is 31.4 Å². The smallest absolute Gasteiger partial charge is 0.137 e. The summed E-state index contributed by atoms with van der Waals surface area (Å²) >= 11 is 2.81. The molecule has 6 rings (SSSR count).